The molecule has 0 saturated heterocycles. The van der Waals surface area contributed by atoms with Crippen molar-refractivity contribution in [2.45, 2.75) is 0 Å². The minimum Gasteiger partial charge on any atom is -0.456 e. The van der Waals surface area contributed by atoms with Gasteiger partial charge in [-0.2, -0.15) is 0 Å². The summed E-state index contributed by atoms with van der Waals surface area (Å²) in [5, 5.41) is 13.3. The molecule has 0 fully saturated rings. The fraction of sp³-hybridized carbons (Fsp3) is 0. The van der Waals surface area contributed by atoms with Gasteiger partial charge in [0.1, 0.15) is 22.3 Å². The average molecular weight is 678 g/mol. The first kappa shape index (κ1) is 29.6. The van der Waals surface area contributed by atoms with Crippen molar-refractivity contribution in [2.75, 3.05) is 5.32 Å². The normalized spacial score (nSPS) is 11.8. The standard InChI is InChI=1S/C50H31NO2/c1-2-14-36-34(11-1)30-42(40-16-4-3-15-39(36)40)32-27-25-31(26-28-32)37-18-8-23-46-49(37)50-43(20-10-24-47(50)53-46)51-35-13-7-12-33(29-35)38-19-9-22-45-48(38)41-17-5-6-21-44(41)52-45/h1-30,51H. The van der Waals surface area contributed by atoms with E-state index in [9.17, 15) is 0 Å². The first-order chi connectivity index (χ1) is 26.3. The van der Waals surface area contributed by atoms with Gasteiger partial charge in [-0.15, -0.1) is 0 Å². The Bertz CT molecular complexity index is 3200. The predicted octanol–water partition coefficient (Wildman–Crippen LogP) is 14.5. The Labute approximate surface area is 305 Å². The monoisotopic (exact) mass is 677 g/mol. The zero-order chi connectivity index (χ0) is 34.9. The second-order valence-electron chi connectivity index (χ2n) is 13.7. The lowest BCUT2D eigenvalue weighted by Gasteiger charge is -2.13. The number of benzene rings is 9. The minimum absolute atomic E-state index is 0.850. The fourth-order valence-electron chi connectivity index (χ4n) is 8.27. The van der Waals surface area contributed by atoms with Gasteiger partial charge in [0, 0.05) is 21.8 Å². The molecule has 2 aromatic heterocycles. The number of fused-ring (bicyclic) bond motifs is 9. The lowest BCUT2D eigenvalue weighted by molar-refractivity contribution is 0.668. The molecule has 0 radical (unpaired) electrons. The number of furan rings is 2. The van der Waals surface area contributed by atoms with Crippen LogP contribution in [0, 0.1) is 0 Å². The molecule has 0 spiro atoms. The van der Waals surface area contributed by atoms with Gasteiger partial charge in [-0.25, -0.2) is 0 Å². The topological polar surface area (TPSA) is 38.3 Å². The van der Waals surface area contributed by atoms with Crippen molar-refractivity contribution < 1.29 is 8.83 Å². The van der Waals surface area contributed by atoms with E-state index in [1.165, 1.54) is 32.7 Å². The van der Waals surface area contributed by atoms with E-state index in [2.05, 4.69) is 169 Å². The average Bonchev–Trinajstić information content (AvgIpc) is 3.80. The Kier molecular flexibility index (Phi) is 6.55. The SMILES string of the molecule is c1cc(Nc2cccc3oc4cccc(-c5ccc(-c6cc7ccccc7c7ccccc67)cc5)c4c23)cc(-c2cccc3oc4ccccc4c23)c1. The zero-order valence-corrected chi connectivity index (χ0v) is 28.6. The molecule has 11 aromatic rings. The molecule has 1 N–H and O–H groups in total. The number of hydrogen-bond acceptors (Lipinski definition) is 3. The molecule has 2 heterocycles. The molecular weight excluding hydrogens is 647 g/mol. The maximum absolute atomic E-state index is 6.50. The highest BCUT2D eigenvalue weighted by molar-refractivity contribution is 6.18. The van der Waals surface area contributed by atoms with Gasteiger partial charge in [-0.3, -0.25) is 0 Å². The number of para-hydroxylation sites is 1. The van der Waals surface area contributed by atoms with Crippen LogP contribution in [0.3, 0.4) is 0 Å². The molecule has 0 unspecified atom stereocenters. The van der Waals surface area contributed by atoms with Gasteiger partial charge in [0.2, 0.25) is 0 Å². The maximum atomic E-state index is 6.50. The Morgan fingerprint density at radius 3 is 1.70 bits per heavy atom. The summed E-state index contributed by atoms with van der Waals surface area (Å²) in [5.74, 6) is 0. The number of nitrogens with one attached hydrogen (secondary N) is 1. The van der Waals surface area contributed by atoms with Crippen LogP contribution in [0.15, 0.2) is 191 Å². The van der Waals surface area contributed by atoms with Crippen LogP contribution in [0.2, 0.25) is 0 Å². The van der Waals surface area contributed by atoms with Gasteiger partial charge >= 0.3 is 0 Å². The highest BCUT2D eigenvalue weighted by atomic mass is 16.3. The summed E-state index contributed by atoms with van der Waals surface area (Å²) in [5.41, 5.74) is 12.5. The number of rotatable bonds is 5. The van der Waals surface area contributed by atoms with Gasteiger partial charge in [-0.05, 0) is 103 Å². The van der Waals surface area contributed by atoms with Crippen LogP contribution in [0.5, 0.6) is 0 Å². The van der Waals surface area contributed by atoms with E-state index in [4.69, 9.17) is 8.83 Å². The highest BCUT2D eigenvalue weighted by Gasteiger charge is 2.17. The first-order valence-electron chi connectivity index (χ1n) is 18.0. The van der Waals surface area contributed by atoms with E-state index in [1.54, 1.807) is 0 Å². The van der Waals surface area contributed by atoms with Gasteiger partial charge in [0.15, 0.2) is 0 Å². The predicted molar refractivity (Wildman–Crippen MR) is 222 cm³/mol. The summed E-state index contributed by atoms with van der Waals surface area (Å²) in [6, 6.07) is 64.4. The summed E-state index contributed by atoms with van der Waals surface area (Å²) in [4.78, 5) is 0. The Morgan fingerprint density at radius 1 is 0.321 bits per heavy atom. The molecule has 248 valence electrons. The molecule has 0 saturated carbocycles. The van der Waals surface area contributed by atoms with Gasteiger partial charge in [0.05, 0.1) is 11.1 Å². The van der Waals surface area contributed by atoms with Crippen molar-refractivity contribution in [2.24, 2.45) is 0 Å². The molecule has 3 heteroatoms. The summed E-state index contributed by atoms with van der Waals surface area (Å²) >= 11 is 0. The Morgan fingerprint density at radius 2 is 0.887 bits per heavy atom. The van der Waals surface area contributed by atoms with Crippen LogP contribution >= 0.6 is 0 Å². The second kappa shape index (κ2) is 11.7. The largest absolute Gasteiger partial charge is 0.456 e. The van der Waals surface area contributed by atoms with Crippen molar-refractivity contribution in [3.63, 3.8) is 0 Å². The molecular formula is C50H31NO2. The first-order valence-corrected chi connectivity index (χ1v) is 18.0. The maximum Gasteiger partial charge on any atom is 0.137 e. The zero-order valence-electron chi connectivity index (χ0n) is 28.6. The quantitative estimate of drug-likeness (QED) is 0.184. The molecule has 9 aromatic carbocycles. The van der Waals surface area contributed by atoms with E-state index >= 15 is 0 Å². The third-order valence-corrected chi connectivity index (χ3v) is 10.7. The van der Waals surface area contributed by atoms with Crippen molar-refractivity contribution in [3.05, 3.63) is 182 Å². The second-order valence-corrected chi connectivity index (χ2v) is 13.7. The van der Waals surface area contributed by atoms with Crippen LogP contribution in [-0.2, 0) is 0 Å². The molecule has 11 rings (SSSR count). The number of anilines is 2. The van der Waals surface area contributed by atoms with Crippen LogP contribution in [0.4, 0.5) is 11.4 Å². The van der Waals surface area contributed by atoms with Crippen LogP contribution < -0.4 is 5.32 Å². The lowest BCUT2D eigenvalue weighted by atomic mass is 9.92. The molecule has 0 amide bonds. The molecule has 0 atom stereocenters. The van der Waals surface area contributed by atoms with Gasteiger partial charge in [0.25, 0.3) is 0 Å². The van der Waals surface area contributed by atoms with Crippen LogP contribution in [0.25, 0.3) is 98.8 Å². The van der Waals surface area contributed by atoms with Gasteiger partial charge < -0.3 is 14.2 Å². The van der Waals surface area contributed by atoms with E-state index in [0.29, 0.717) is 0 Å². The van der Waals surface area contributed by atoms with Crippen molar-refractivity contribution in [1.82, 2.24) is 0 Å². The molecule has 0 aliphatic rings. The molecule has 0 aliphatic carbocycles. The number of hydrogen-bond donors (Lipinski definition) is 1. The van der Waals surface area contributed by atoms with E-state index < -0.39 is 0 Å². The van der Waals surface area contributed by atoms with E-state index in [-0.39, 0.29) is 0 Å². The van der Waals surface area contributed by atoms with E-state index in [1.807, 2.05) is 18.2 Å². The fourth-order valence-corrected chi connectivity index (χ4v) is 8.27. The molecule has 0 bridgehead atoms. The molecule has 0 aliphatic heterocycles. The highest BCUT2D eigenvalue weighted by Crippen LogP contribution is 2.43. The van der Waals surface area contributed by atoms with E-state index in [0.717, 1.165) is 77.5 Å². The lowest BCUT2D eigenvalue weighted by Crippen LogP contribution is -1.92. The summed E-state index contributed by atoms with van der Waals surface area (Å²) < 4.78 is 12.7. The Hall–Kier alpha value is -7.10. The van der Waals surface area contributed by atoms with Crippen LogP contribution in [-0.4, -0.2) is 0 Å². The minimum atomic E-state index is 0.850. The third kappa shape index (κ3) is 4.75. The van der Waals surface area contributed by atoms with Crippen molar-refractivity contribution >= 4 is 76.8 Å². The Balaban J connectivity index is 1.00. The summed E-state index contributed by atoms with van der Waals surface area (Å²) in [6.45, 7) is 0. The molecule has 3 nitrogen and oxygen atoms in total. The van der Waals surface area contributed by atoms with Crippen molar-refractivity contribution in [1.29, 1.82) is 0 Å². The van der Waals surface area contributed by atoms with Crippen LogP contribution in [0.1, 0.15) is 0 Å². The summed E-state index contributed by atoms with van der Waals surface area (Å²) in [6.07, 6.45) is 0. The van der Waals surface area contributed by atoms with Gasteiger partial charge in [-0.1, -0.05) is 133 Å². The van der Waals surface area contributed by atoms with Crippen molar-refractivity contribution in [3.8, 4) is 33.4 Å². The molecule has 53 heavy (non-hydrogen) atoms. The third-order valence-electron chi connectivity index (χ3n) is 10.7. The summed E-state index contributed by atoms with van der Waals surface area (Å²) in [7, 11) is 0. The smallest absolute Gasteiger partial charge is 0.137 e.